The normalized spacial score (nSPS) is 14.2. The van der Waals surface area contributed by atoms with Gasteiger partial charge in [-0.05, 0) is 30.2 Å². The van der Waals surface area contributed by atoms with Crippen LogP contribution in [0.1, 0.15) is 12.0 Å². The van der Waals surface area contributed by atoms with Crippen LogP contribution in [0, 0.1) is 0 Å². The predicted octanol–water partition coefficient (Wildman–Crippen LogP) is 2.05. The molecule has 1 aromatic rings. The van der Waals surface area contributed by atoms with Crippen molar-refractivity contribution in [3.05, 3.63) is 23.8 Å². The second kappa shape index (κ2) is 6.60. The van der Waals surface area contributed by atoms with Gasteiger partial charge in [-0.15, -0.1) is 0 Å². The highest BCUT2D eigenvalue weighted by Crippen LogP contribution is 2.31. The Hall–Kier alpha value is -1.77. The average molecular weight is 312 g/mol. The number of ether oxygens (including phenoxy) is 1. The smallest absolute Gasteiger partial charge is 0.379 e. The third-order valence-corrected chi connectivity index (χ3v) is 3.68. The van der Waals surface area contributed by atoms with Crippen molar-refractivity contribution < 1.29 is 35.3 Å². The van der Waals surface area contributed by atoms with Crippen LogP contribution in [0.2, 0.25) is 0 Å². The molecule has 3 rings (SSSR count). The van der Waals surface area contributed by atoms with E-state index < -0.39 is 16.8 Å². The Bertz CT molecular complexity index is 583. The SMILES string of the molecule is COC(=O)CCc1cc2ccc1S(=O)(=O)O2.FC(F)F. The van der Waals surface area contributed by atoms with E-state index in [-0.39, 0.29) is 23.0 Å². The molecule has 5 nitrogen and oxygen atoms in total. The van der Waals surface area contributed by atoms with Crippen LogP contribution in [-0.4, -0.2) is 28.2 Å². The van der Waals surface area contributed by atoms with Crippen molar-refractivity contribution in [2.24, 2.45) is 0 Å². The standard InChI is InChI=1S/C10H10O5S.CHF3/c1-14-10(11)5-2-7-6-8-3-4-9(7)16(12,13)15-8;2-1(3)4/h3-4,6H,2,5H2,1H3;1H. The summed E-state index contributed by atoms with van der Waals surface area (Å²) in [6, 6.07) is 4.69. The molecule has 0 saturated heterocycles. The van der Waals surface area contributed by atoms with E-state index in [4.69, 9.17) is 4.18 Å². The van der Waals surface area contributed by atoms with E-state index in [2.05, 4.69) is 4.74 Å². The summed E-state index contributed by atoms with van der Waals surface area (Å²) in [6.07, 6.45) is 0.487. The van der Waals surface area contributed by atoms with Crippen molar-refractivity contribution >= 4 is 16.1 Å². The molecule has 0 fully saturated rings. The summed E-state index contributed by atoms with van der Waals surface area (Å²) < 4.78 is 61.2. The summed E-state index contributed by atoms with van der Waals surface area (Å²) in [7, 11) is -2.36. The summed E-state index contributed by atoms with van der Waals surface area (Å²) in [5, 5.41) is 0. The van der Waals surface area contributed by atoms with Crippen molar-refractivity contribution in [3.8, 4) is 5.75 Å². The van der Waals surface area contributed by atoms with Gasteiger partial charge >= 0.3 is 22.8 Å². The minimum absolute atomic E-state index is 0.131. The molecule has 0 atom stereocenters. The van der Waals surface area contributed by atoms with Crippen LogP contribution < -0.4 is 4.18 Å². The van der Waals surface area contributed by atoms with Crippen LogP contribution in [0.3, 0.4) is 0 Å². The number of hydrogen-bond acceptors (Lipinski definition) is 5. The number of aryl methyl sites for hydroxylation is 1. The van der Waals surface area contributed by atoms with Gasteiger partial charge in [-0.3, -0.25) is 4.79 Å². The number of rotatable bonds is 3. The van der Waals surface area contributed by atoms with Crippen LogP contribution in [0.4, 0.5) is 13.2 Å². The second-order valence-corrected chi connectivity index (χ2v) is 5.15. The van der Waals surface area contributed by atoms with Gasteiger partial charge in [-0.1, -0.05) is 0 Å². The first-order valence-corrected chi connectivity index (χ1v) is 6.73. The van der Waals surface area contributed by atoms with E-state index in [1.165, 1.54) is 13.2 Å². The third kappa shape index (κ3) is 4.41. The average Bonchev–Trinajstić information content (AvgIpc) is 2.34. The number of benzene rings is 1. The number of methoxy groups -OCH3 is 1. The van der Waals surface area contributed by atoms with E-state index >= 15 is 0 Å². The van der Waals surface area contributed by atoms with Gasteiger partial charge in [0.1, 0.15) is 10.6 Å². The van der Waals surface area contributed by atoms with E-state index in [1.807, 2.05) is 0 Å². The number of esters is 1. The van der Waals surface area contributed by atoms with Gasteiger partial charge in [0.05, 0.1) is 7.11 Å². The first kappa shape index (κ1) is 16.3. The molecular formula is C11H11F3O5S. The lowest BCUT2D eigenvalue weighted by molar-refractivity contribution is -0.140. The van der Waals surface area contributed by atoms with Crippen molar-refractivity contribution in [1.82, 2.24) is 0 Å². The molecule has 20 heavy (non-hydrogen) atoms. The number of alkyl halides is 3. The van der Waals surface area contributed by atoms with Crippen LogP contribution in [0.15, 0.2) is 23.1 Å². The Morgan fingerprint density at radius 2 is 1.95 bits per heavy atom. The number of halogens is 3. The highest BCUT2D eigenvalue weighted by atomic mass is 32.2. The van der Waals surface area contributed by atoms with Gasteiger partial charge in [-0.2, -0.15) is 21.6 Å². The third-order valence-electron chi connectivity index (χ3n) is 2.33. The molecule has 2 heterocycles. The molecular weight excluding hydrogens is 301 g/mol. The fourth-order valence-electron chi connectivity index (χ4n) is 1.56. The molecule has 2 aliphatic heterocycles. The fourth-order valence-corrected chi connectivity index (χ4v) is 2.72. The lowest BCUT2D eigenvalue weighted by atomic mass is 10.1. The lowest BCUT2D eigenvalue weighted by Gasteiger charge is -2.17. The zero-order chi connectivity index (χ0) is 15.3. The molecule has 0 radical (unpaired) electrons. The lowest BCUT2D eigenvalue weighted by Crippen LogP contribution is -2.17. The minimum atomic E-state index is -3.67. The molecule has 0 N–H and O–H groups in total. The predicted molar refractivity (Wildman–Crippen MR) is 61.7 cm³/mol. The van der Waals surface area contributed by atoms with Gasteiger partial charge < -0.3 is 8.92 Å². The van der Waals surface area contributed by atoms with E-state index in [1.54, 1.807) is 12.1 Å². The Morgan fingerprint density at radius 3 is 2.40 bits per heavy atom. The van der Waals surface area contributed by atoms with E-state index in [9.17, 15) is 26.4 Å². The Morgan fingerprint density at radius 1 is 1.35 bits per heavy atom. The molecule has 2 bridgehead atoms. The summed E-state index contributed by atoms with van der Waals surface area (Å²) in [5.41, 5.74) is 0.592. The van der Waals surface area contributed by atoms with Gasteiger partial charge in [0.2, 0.25) is 0 Å². The summed E-state index contributed by atoms with van der Waals surface area (Å²) >= 11 is 0. The van der Waals surface area contributed by atoms with Crippen molar-refractivity contribution in [1.29, 1.82) is 0 Å². The Balaban J connectivity index is 0.000000444. The fraction of sp³-hybridized carbons (Fsp3) is 0.364. The van der Waals surface area contributed by atoms with E-state index in [0.717, 1.165) is 0 Å². The van der Waals surface area contributed by atoms with Crippen LogP contribution in [-0.2, 0) is 26.1 Å². The molecule has 2 aliphatic rings. The molecule has 0 aliphatic carbocycles. The first-order valence-electron chi connectivity index (χ1n) is 5.32. The molecule has 1 aromatic carbocycles. The summed E-state index contributed by atoms with van der Waals surface area (Å²) in [4.78, 5) is 11.1. The molecule has 0 saturated carbocycles. The maximum atomic E-state index is 11.5. The summed E-state index contributed by atoms with van der Waals surface area (Å²) in [5.74, 6) is -0.0786. The molecule has 0 aromatic heterocycles. The highest BCUT2D eigenvalue weighted by molar-refractivity contribution is 7.87. The molecule has 0 spiro atoms. The topological polar surface area (TPSA) is 69.7 Å². The van der Waals surface area contributed by atoms with Crippen molar-refractivity contribution in [3.63, 3.8) is 0 Å². The zero-order valence-corrected chi connectivity index (χ0v) is 11.1. The van der Waals surface area contributed by atoms with Crippen molar-refractivity contribution in [2.45, 2.75) is 24.4 Å². The number of carbonyl (C=O) groups is 1. The summed E-state index contributed by atoms with van der Waals surface area (Å²) in [6.45, 7) is -3.67. The van der Waals surface area contributed by atoms with Crippen molar-refractivity contribution in [2.75, 3.05) is 7.11 Å². The number of carbonyl (C=O) groups excluding carboxylic acids is 1. The first-order chi connectivity index (χ1) is 9.26. The highest BCUT2D eigenvalue weighted by Gasteiger charge is 2.27. The maximum Gasteiger partial charge on any atom is 0.379 e. The van der Waals surface area contributed by atoms with Crippen LogP contribution in [0.5, 0.6) is 5.75 Å². The number of fused-ring (bicyclic) bond motifs is 3. The monoisotopic (exact) mass is 312 g/mol. The van der Waals surface area contributed by atoms with Crippen LogP contribution in [0.25, 0.3) is 0 Å². The molecule has 0 unspecified atom stereocenters. The number of hydrogen-bond donors (Lipinski definition) is 0. The quantitative estimate of drug-likeness (QED) is 0.631. The second-order valence-electron chi connectivity index (χ2n) is 3.63. The van der Waals surface area contributed by atoms with Gasteiger partial charge in [0.25, 0.3) is 0 Å². The molecule has 9 heteroatoms. The minimum Gasteiger partial charge on any atom is -0.469 e. The van der Waals surface area contributed by atoms with Gasteiger partial charge in [0, 0.05) is 6.42 Å². The largest absolute Gasteiger partial charge is 0.469 e. The zero-order valence-electron chi connectivity index (χ0n) is 10.3. The van der Waals surface area contributed by atoms with Gasteiger partial charge in [0.15, 0.2) is 0 Å². The van der Waals surface area contributed by atoms with Crippen LogP contribution >= 0.6 is 0 Å². The Kier molecular flexibility index (Phi) is 5.37. The van der Waals surface area contributed by atoms with E-state index in [0.29, 0.717) is 12.0 Å². The maximum absolute atomic E-state index is 11.5. The van der Waals surface area contributed by atoms with Gasteiger partial charge in [-0.25, -0.2) is 0 Å². The molecule has 0 amide bonds. The molecule has 112 valence electrons. The Labute approximate surface area is 113 Å².